The van der Waals surface area contributed by atoms with Crippen LogP contribution in [0.5, 0.6) is 0 Å². The van der Waals surface area contributed by atoms with Crippen LogP contribution in [0, 0.1) is 0 Å². The van der Waals surface area contributed by atoms with Gasteiger partial charge in [-0.2, -0.15) is 8.78 Å². The molecule has 0 aromatic heterocycles. The molecule has 0 amide bonds. The van der Waals surface area contributed by atoms with Gasteiger partial charge in [-0.1, -0.05) is 36.4 Å². The summed E-state index contributed by atoms with van der Waals surface area (Å²) in [5.74, 6) is -5.43. The van der Waals surface area contributed by atoms with Gasteiger partial charge in [-0.25, -0.2) is 19.1 Å². The van der Waals surface area contributed by atoms with E-state index in [1.54, 1.807) is 64.6 Å². The molecule has 0 bridgehead atoms. The van der Waals surface area contributed by atoms with Crippen molar-refractivity contribution in [1.29, 1.82) is 0 Å². The predicted octanol–water partition coefficient (Wildman–Crippen LogP) is 2.64. The molecule has 1 aliphatic rings. The lowest BCUT2D eigenvalue weighted by Crippen LogP contribution is -2.47. The molecular weight excluding hydrogens is 450 g/mol. The summed E-state index contributed by atoms with van der Waals surface area (Å²) < 4.78 is 53.6. The highest BCUT2D eigenvalue weighted by molar-refractivity contribution is 5.90. The first-order valence-electron chi connectivity index (χ1n) is 10.5. The molecule has 10 heteroatoms. The first-order chi connectivity index (χ1) is 16.1. The van der Waals surface area contributed by atoms with Gasteiger partial charge in [0.25, 0.3) is 6.29 Å². The van der Waals surface area contributed by atoms with Crippen LogP contribution in [-0.2, 0) is 18.9 Å². The Balaban J connectivity index is 1.83. The lowest BCUT2D eigenvalue weighted by Gasteiger charge is -2.24. The number of hydrogen-bond donors (Lipinski definition) is 0. The zero-order chi connectivity index (χ0) is 24.9. The van der Waals surface area contributed by atoms with Crippen molar-refractivity contribution in [3.05, 3.63) is 71.8 Å². The summed E-state index contributed by atoms with van der Waals surface area (Å²) in [4.78, 5) is 26.4. The van der Waals surface area contributed by atoms with E-state index in [2.05, 4.69) is 0 Å². The minimum absolute atomic E-state index is 0.0940. The highest BCUT2D eigenvalue weighted by Crippen LogP contribution is 2.39. The lowest BCUT2D eigenvalue weighted by atomic mass is 10.1. The molecule has 3 rings (SSSR count). The van der Waals surface area contributed by atoms with Crippen LogP contribution in [0.25, 0.3) is 0 Å². The molecule has 0 radical (unpaired) electrons. The van der Waals surface area contributed by atoms with E-state index < -0.39 is 43.0 Å². The van der Waals surface area contributed by atoms with Crippen molar-refractivity contribution in [2.75, 3.05) is 34.8 Å². The number of carbonyl (C=O) groups excluding carboxylic acids is 2. The third kappa shape index (κ3) is 5.69. The van der Waals surface area contributed by atoms with Crippen LogP contribution in [0.2, 0.25) is 0 Å². The van der Waals surface area contributed by atoms with Crippen molar-refractivity contribution in [1.82, 2.24) is 4.90 Å². The first kappa shape index (κ1) is 25.1. The van der Waals surface area contributed by atoms with Gasteiger partial charge in [-0.05, 0) is 24.3 Å². The van der Waals surface area contributed by atoms with E-state index in [4.69, 9.17) is 18.9 Å². The molecule has 0 saturated carbocycles. The van der Waals surface area contributed by atoms with Crippen molar-refractivity contribution in [2.45, 2.75) is 24.4 Å². The number of hydrogen-bond acceptors (Lipinski definition) is 6. The van der Waals surface area contributed by atoms with Crippen molar-refractivity contribution in [2.24, 2.45) is 0 Å². The highest BCUT2D eigenvalue weighted by Gasteiger charge is 2.64. The highest BCUT2D eigenvalue weighted by atomic mass is 19.3. The van der Waals surface area contributed by atoms with Gasteiger partial charge < -0.3 is 18.9 Å². The third-order valence-corrected chi connectivity index (χ3v) is 4.94. The Bertz CT molecular complexity index is 1030. The molecule has 3 atom stereocenters. The molecule has 0 spiro atoms. The van der Waals surface area contributed by atoms with E-state index in [-0.39, 0.29) is 17.1 Å². The molecule has 0 unspecified atom stereocenters. The summed E-state index contributed by atoms with van der Waals surface area (Å²) in [5.41, 5.74) is 0.338. The Morgan fingerprint density at radius 1 is 0.941 bits per heavy atom. The average Bonchev–Trinajstić information content (AvgIpc) is 3.05. The maximum absolute atomic E-state index is 15.4. The standard InChI is InChI=1S/C24H27F2N2O6/c1-27(2)23(28(3)4)34-22-24(25,26)19(33-21(30)17-13-9-6-10-14-17)18(32-22)15-31-20(29)16-11-7-5-8-12-16/h5-14,18-19,22H,15H2,1-4H3/q+1/t18-,19-,22-/m1/s1. The average molecular weight is 477 g/mol. The Morgan fingerprint density at radius 3 is 1.97 bits per heavy atom. The lowest BCUT2D eigenvalue weighted by molar-refractivity contribution is -0.484. The number of halogens is 2. The predicted molar refractivity (Wildman–Crippen MR) is 118 cm³/mol. The summed E-state index contributed by atoms with van der Waals surface area (Å²) in [6.07, 6.45) is -5.61. The van der Waals surface area contributed by atoms with E-state index in [9.17, 15) is 9.59 Å². The van der Waals surface area contributed by atoms with Crippen molar-refractivity contribution in [3.8, 4) is 0 Å². The minimum Gasteiger partial charge on any atom is -0.459 e. The Labute approximate surface area is 196 Å². The molecule has 0 N–H and O–H groups in total. The quantitative estimate of drug-likeness (QED) is 0.274. The zero-order valence-corrected chi connectivity index (χ0v) is 19.3. The van der Waals surface area contributed by atoms with Gasteiger partial charge in [0.1, 0.15) is 12.7 Å². The Hall–Kier alpha value is -3.53. The molecule has 1 aliphatic heterocycles. The van der Waals surface area contributed by atoms with Gasteiger partial charge in [-0.3, -0.25) is 0 Å². The SMILES string of the molecule is CN(C)C(O[C@H]1O[C@H](COC(=O)c2ccccc2)[C@@H](OC(=O)c2ccccc2)C1(F)F)=[N+](C)C. The number of ether oxygens (including phenoxy) is 4. The van der Waals surface area contributed by atoms with Crippen molar-refractivity contribution in [3.63, 3.8) is 0 Å². The van der Waals surface area contributed by atoms with Gasteiger partial charge in [0.05, 0.1) is 39.3 Å². The van der Waals surface area contributed by atoms with Crippen LogP contribution >= 0.6 is 0 Å². The molecule has 34 heavy (non-hydrogen) atoms. The number of amidine groups is 1. The minimum atomic E-state index is -3.74. The van der Waals surface area contributed by atoms with Crippen molar-refractivity contribution >= 4 is 18.0 Å². The molecule has 8 nitrogen and oxygen atoms in total. The second-order valence-electron chi connectivity index (χ2n) is 8.03. The summed E-state index contributed by atoms with van der Waals surface area (Å²) in [6.45, 7) is -0.574. The molecule has 182 valence electrons. The topological polar surface area (TPSA) is 77.3 Å². The van der Waals surface area contributed by atoms with Crippen LogP contribution in [0.1, 0.15) is 20.7 Å². The van der Waals surface area contributed by atoms with E-state index in [0.29, 0.717) is 0 Å². The normalized spacial score (nSPS) is 20.8. The molecule has 2 aromatic rings. The fourth-order valence-electron chi connectivity index (χ4n) is 3.37. The fourth-order valence-corrected chi connectivity index (χ4v) is 3.37. The Kier molecular flexibility index (Phi) is 7.83. The number of alkyl halides is 2. The van der Waals surface area contributed by atoms with Gasteiger partial charge >= 0.3 is 23.9 Å². The first-order valence-corrected chi connectivity index (χ1v) is 10.5. The van der Waals surface area contributed by atoms with Gasteiger partial charge in [-0.15, -0.1) is 0 Å². The summed E-state index contributed by atoms with van der Waals surface area (Å²) in [6, 6.07) is 15.9. The van der Waals surface area contributed by atoms with Crippen LogP contribution in [0.3, 0.4) is 0 Å². The second kappa shape index (κ2) is 10.6. The third-order valence-electron chi connectivity index (χ3n) is 4.94. The Morgan fingerprint density at radius 2 is 1.47 bits per heavy atom. The van der Waals surface area contributed by atoms with E-state index >= 15 is 8.78 Å². The van der Waals surface area contributed by atoms with Gasteiger partial charge in [0, 0.05) is 0 Å². The van der Waals surface area contributed by atoms with E-state index in [1.807, 2.05) is 0 Å². The summed E-state index contributed by atoms with van der Waals surface area (Å²) in [7, 11) is 6.48. The van der Waals surface area contributed by atoms with E-state index in [0.717, 1.165) is 0 Å². The zero-order valence-electron chi connectivity index (χ0n) is 19.3. The van der Waals surface area contributed by atoms with Crippen LogP contribution in [-0.4, -0.2) is 86.7 Å². The number of esters is 2. The monoisotopic (exact) mass is 477 g/mol. The van der Waals surface area contributed by atoms with E-state index in [1.165, 1.54) is 33.7 Å². The van der Waals surface area contributed by atoms with Gasteiger partial charge in [0.2, 0.25) is 6.10 Å². The molecule has 1 heterocycles. The molecule has 1 saturated heterocycles. The van der Waals surface area contributed by atoms with Crippen LogP contribution in [0.15, 0.2) is 60.7 Å². The molecular formula is C24H27F2N2O6+. The largest absolute Gasteiger partial charge is 0.459 e. The van der Waals surface area contributed by atoms with Gasteiger partial charge in [0.15, 0.2) is 0 Å². The summed E-state index contributed by atoms with van der Waals surface area (Å²) >= 11 is 0. The molecule has 2 aromatic carbocycles. The maximum atomic E-state index is 15.4. The second-order valence-corrected chi connectivity index (χ2v) is 8.03. The van der Waals surface area contributed by atoms with Crippen LogP contribution in [0.4, 0.5) is 8.78 Å². The summed E-state index contributed by atoms with van der Waals surface area (Å²) in [5, 5.41) is 0. The smallest absolute Gasteiger partial charge is 0.447 e. The maximum Gasteiger partial charge on any atom is 0.447 e. The number of rotatable bonds is 6. The van der Waals surface area contributed by atoms with Crippen molar-refractivity contribution < 1.29 is 41.9 Å². The number of benzene rings is 2. The molecule has 1 fully saturated rings. The number of carbonyl (C=O) groups is 2. The molecule has 0 aliphatic carbocycles. The van der Waals surface area contributed by atoms with Crippen LogP contribution < -0.4 is 0 Å². The fraction of sp³-hybridized carbons (Fsp3) is 0.375. The number of nitrogens with zero attached hydrogens (tertiary/aromatic N) is 2.